The van der Waals surface area contributed by atoms with Gasteiger partial charge in [-0.05, 0) is 12.3 Å². The standard InChI is InChI=1S/C14H23N3O4S.C3H8/c1-4-8(2)11(15)12(19)16-6-5-10(18)13-17-9(7-22-13)14(20)21-3;1-3-2/h7-8,10-11,18H,4-6,15H2,1-3H3,(H,16,19);3H2,1-2H3. The van der Waals surface area contributed by atoms with Crippen LogP contribution >= 0.6 is 11.3 Å². The first kappa shape index (κ1) is 23.5. The van der Waals surface area contributed by atoms with Gasteiger partial charge in [0.25, 0.3) is 0 Å². The number of hydrogen-bond acceptors (Lipinski definition) is 7. The van der Waals surface area contributed by atoms with Gasteiger partial charge in [-0.1, -0.05) is 40.5 Å². The lowest BCUT2D eigenvalue weighted by Gasteiger charge is -2.18. The summed E-state index contributed by atoms with van der Waals surface area (Å²) < 4.78 is 4.55. The summed E-state index contributed by atoms with van der Waals surface area (Å²) in [7, 11) is 1.27. The molecule has 1 rings (SSSR count). The van der Waals surface area contributed by atoms with Crippen molar-refractivity contribution < 1.29 is 19.4 Å². The Kier molecular flexibility index (Phi) is 12.0. The molecule has 144 valence electrons. The van der Waals surface area contributed by atoms with E-state index in [2.05, 4.69) is 28.9 Å². The maximum Gasteiger partial charge on any atom is 0.357 e. The highest BCUT2D eigenvalue weighted by Gasteiger charge is 2.20. The Morgan fingerprint density at radius 2 is 2.00 bits per heavy atom. The molecule has 0 aromatic carbocycles. The number of nitrogens with zero attached hydrogens (tertiary/aromatic N) is 1. The number of rotatable bonds is 8. The fraction of sp³-hybridized carbons (Fsp3) is 0.706. The molecule has 3 unspecified atom stereocenters. The lowest BCUT2D eigenvalue weighted by Crippen LogP contribution is -2.45. The number of ether oxygens (including phenoxy) is 1. The van der Waals surface area contributed by atoms with Crippen LogP contribution in [0.2, 0.25) is 0 Å². The van der Waals surface area contributed by atoms with Gasteiger partial charge in [0.15, 0.2) is 5.69 Å². The molecule has 0 bridgehead atoms. The predicted molar refractivity (Wildman–Crippen MR) is 99.4 cm³/mol. The van der Waals surface area contributed by atoms with Crippen LogP contribution in [0.4, 0.5) is 0 Å². The Morgan fingerprint density at radius 3 is 2.52 bits per heavy atom. The van der Waals surface area contributed by atoms with Crippen LogP contribution in [0.1, 0.15) is 68.6 Å². The van der Waals surface area contributed by atoms with Gasteiger partial charge in [-0.2, -0.15) is 0 Å². The van der Waals surface area contributed by atoms with Gasteiger partial charge in [-0.15, -0.1) is 11.3 Å². The number of carbonyl (C=O) groups is 2. The smallest absolute Gasteiger partial charge is 0.357 e. The number of methoxy groups -OCH3 is 1. The molecule has 25 heavy (non-hydrogen) atoms. The minimum atomic E-state index is -0.844. The molecule has 0 aliphatic heterocycles. The summed E-state index contributed by atoms with van der Waals surface area (Å²) in [6.07, 6.45) is 1.53. The van der Waals surface area contributed by atoms with E-state index in [1.807, 2.05) is 13.8 Å². The molecule has 0 saturated carbocycles. The second kappa shape index (κ2) is 12.8. The average Bonchev–Trinajstić information content (AvgIpc) is 3.10. The van der Waals surface area contributed by atoms with E-state index in [-0.39, 0.29) is 24.1 Å². The van der Waals surface area contributed by atoms with Gasteiger partial charge < -0.3 is 20.9 Å². The number of esters is 1. The summed E-state index contributed by atoms with van der Waals surface area (Å²) in [6, 6.07) is -0.548. The van der Waals surface area contributed by atoms with Crippen LogP contribution in [-0.2, 0) is 9.53 Å². The molecule has 1 heterocycles. The van der Waals surface area contributed by atoms with Crippen molar-refractivity contribution in [1.29, 1.82) is 0 Å². The molecule has 0 spiro atoms. The van der Waals surface area contributed by atoms with Crippen molar-refractivity contribution in [2.45, 2.75) is 59.1 Å². The molecule has 8 heteroatoms. The summed E-state index contributed by atoms with van der Waals surface area (Å²) >= 11 is 1.18. The van der Waals surface area contributed by atoms with Crippen LogP contribution in [0.3, 0.4) is 0 Å². The van der Waals surface area contributed by atoms with Crippen LogP contribution in [0.25, 0.3) is 0 Å². The molecule has 1 aromatic heterocycles. The molecule has 0 saturated heterocycles. The normalized spacial score (nSPS) is 13.9. The van der Waals surface area contributed by atoms with E-state index in [1.165, 1.54) is 30.2 Å². The molecule has 1 aromatic rings. The van der Waals surface area contributed by atoms with Crippen molar-refractivity contribution in [3.63, 3.8) is 0 Å². The fourth-order valence-corrected chi connectivity index (χ4v) is 2.53. The number of nitrogens with two attached hydrogens (primary N) is 1. The molecular formula is C17H31N3O4S. The van der Waals surface area contributed by atoms with E-state index in [1.54, 1.807) is 0 Å². The number of carbonyl (C=O) groups excluding carboxylic acids is 2. The topological polar surface area (TPSA) is 115 Å². The van der Waals surface area contributed by atoms with E-state index >= 15 is 0 Å². The SMILES string of the molecule is CCC.CCC(C)C(N)C(=O)NCCC(O)c1nc(C(=O)OC)cs1. The highest BCUT2D eigenvalue weighted by molar-refractivity contribution is 7.09. The van der Waals surface area contributed by atoms with Crippen LogP contribution in [0.15, 0.2) is 5.38 Å². The quantitative estimate of drug-likeness (QED) is 0.602. The predicted octanol–water partition coefficient (Wildman–Crippen LogP) is 2.26. The number of thiazole rings is 1. The van der Waals surface area contributed by atoms with Gasteiger partial charge in [-0.3, -0.25) is 4.79 Å². The summed E-state index contributed by atoms with van der Waals surface area (Å²) in [5.74, 6) is -0.662. The Bertz CT molecular complexity index is 522. The fourth-order valence-electron chi connectivity index (χ4n) is 1.72. The molecule has 4 N–H and O–H groups in total. The van der Waals surface area contributed by atoms with Crippen LogP contribution in [0, 0.1) is 5.92 Å². The Hall–Kier alpha value is -1.51. The maximum absolute atomic E-state index is 11.8. The summed E-state index contributed by atoms with van der Waals surface area (Å²) in [5.41, 5.74) is 5.99. The van der Waals surface area contributed by atoms with E-state index in [4.69, 9.17) is 5.73 Å². The van der Waals surface area contributed by atoms with E-state index in [0.717, 1.165) is 6.42 Å². The zero-order valence-corrected chi connectivity index (χ0v) is 16.6. The average molecular weight is 374 g/mol. The minimum absolute atomic E-state index is 0.103. The van der Waals surface area contributed by atoms with Crippen LogP contribution in [-0.4, -0.2) is 41.7 Å². The second-order valence-electron chi connectivity index (χ2n) is 5.78. The molecular weight excluding hydrogens is 342 g/mol. The third kappa shape index (κ3) is 8.42. The zero-order valence-electron chi connectivity index (χ0n) is 15.7. The summed E-state index contributed by atoms with van der Waals surface area (Å²) in [4.78, 5) is 27.1. The van der Waals surface area contributed by atoms with Gasteiger partial charge in [0.2, 0.25) is 5.91 Å². The molecule has 0 aliphatic carbocycles. The van der Waals surface area contributed by atoms with Gasteiger partial charge >= 0.3 is 5.97 Å². The first-order valence-electron chi connectivity index (χ1n) is 8.57. The van der Waals surface area contributed by atoms with Gasteiger partial charge in [0.1, 0.15) is 11.1 Å². The first-order valence-corrected chi connectivity index (χ1v) is 9.45. The van der Waals surface area contributed by atoms with Gasteiger partial charge in [0, 0.05) is 11.9 Å². The lowest BCUT2D eigenvalue weighted by atomic mass is 9.99. The largest absolute Gasteiger partial charge is 0.464 e. The lowest BCUT2D eigenvalue weighted by molar-refractivity contribution is -0.123. The van der Waals surface area contributed by atoms with Crippen LogP contribution < -0.4 is 11.1 Å². The Balaban J connectivity index is 0.00000178. The molecule has 0 aliphatic rings. The Morgan fingerprint density at radius 1 is 1.40 bits per heavy atom. The van der Waals surface area contributed by atoms with Crippen molar-refractivity contribution in [3.8, 4) is 0 Å². The van der Waals surface area contributed by atoms with Crippen LogP contribution in [0.5, 0.6) is 0 Å². The Labute approximate surface area is 154 Å². The van der Waals surface area contributed by atoms with E-state index < -0.39 is 18.1 Å². The maximum atomic E-state index is 11.8. The number of amides is 1. The zero-order chi connectivity index (χ0) is 19.4. The number of hydrogen-bond donors (Lipinski definition) is 3. The minimum Gasteiger partial charge on any atom is -0.464 e. The molecule has 3 atom stereocenters. The monoisotopic (exact) mass is 373 g/mol. The van der Waals surface area contributed by atoms with E-state index in [9.17, 15) is 14.7 Å². The second-order valence-corrected chi connectivity index (χ2v) is 6.67. The summed E-state index contributed by atoms with van der Waals surface area (Å²) in [5, 5.41) is 14.7. The highest BCUT2D eigenvalue weighted by Crippen LogP contribution is 2.21. The third-order valence-corrected chi connectivity index (χ3v) is 4.42. The third-order valence-electron chi connectivity index (χ3n) is 3.48. The highest BCUT2D eigenvalue weighted by atomic mass is 32.1. The first-order chi connectivity index (χ1) is 11.8. The molecule has 1 amide bonds. The number of aliphatic hydroxyl groups excluding tert-OH is 1. The molecule has 7 nitrogen and oxygen atoms in total. The molecule has 0 radical (unpaired) electrons. The van der Waals surface area contributed by atoms with Crippen molar-refractivity contribution in [2.75, 3.05) is 13.7 Å². The van der Waals surface area contributed by atoms with Crippen molar-refractivity contribution in [2.24, 2.45) is 11.7 Å². The van der Waals surface area contributed by atoms with Crippen molar-refractivity contribution in [1.82, 2.24) is 10.3 Å². The van der Waals surface area contributed by atoms with Gasteiger partial charge in [0.05, 0.1) is 13.2 Å². The number of aromatic nitrogens is 1. The van der Waals surface area contributed by atoms with Gasteiger partial charge in [-0.25, -0.2) is 9.78 Å². The summed E-state index contributed by atoms with van der Waals surface area (Å²) in [6.45, 7) is 8.43. The van der Waals surface area contributed by atoms with E-state index in [0.29, 0.717) is 11.4 Å². The molecule has 0 fully saturated rings. The number of aliphatic hydroxyl groups is 1. The van der Waals surface area contributed by atoms with Crippen molar-refractivity contribution >= 4 is 23.2 Å². The van der Waals surface area contributed by atoms with Crippen molar-refractivity contribution in [3.05, 3.63) is 16.1 Å². The number of nitrogens with one attached hydrogen (secondary N) is 1.